The Balaban J connectivity index is 1.34. The summed E-state index contributed by atoms with van der Waals surface area (Å²) in [6.45, 7) is 5.61. The van der Waals surface area contributed by atoms with E-state index in [0.717, 1.165) is 69.2 Å². The summed E-state index contributed by atoms with van der Waals surface area (Å²) in [6, 6.07) is 11.4. The molecule has 1 unspecified atom stereocenters. The summed E-state index contributed by atoms with van der Waals surface area (Å²) in [5.41, 5.74) is 1.83. The molecule has 1 atom stereocenters. The van der Waals surface area contributed by atoms with Gasteiger partial charge in [0.25, 0.3) is 0 Å². The maximum atomic E-state index is 13.0. The van der Waals surface area contributed by atoms with Gasteiger partial charge < -0.3 is 9.64 Å². The highest BCUT2D eigenvalue weighted by Crippen LogP contribution is 2.22. The molecule has 2 aliphatic heterocycles. The molecular formula is C23H33N5O3S. The lowest BCUT2D eigenvalue weighted by Crippen LogP contribution is -2.38. The summed E-state index contributed by atoms with van der Waals surface area (Å²) in [6.07, 6.45) is 4.50. The topological polar surface area (TPSA) is 78.9 Å². The van der Waals surface area contributed by atoms with E-state index in [4.69, 9.17) is 9.72 Å². The molecule has 2 aromatic rings. The Hall–Kier alpha value is -2.07. The van der Waals surface area contributed by atoms with Gasteiger partial charge in [-0.2, -0.15) is 0 Å². The van der Waals surface area contributed by atoms with Gasteiger partial charge in [0.05, 0.1) is 24.7 Å². The van der Waals surface area contributed by atoms with Gasteiger partial charge in [0.1, 0.15) is 0 Å². The Kier molecular flexibility index (Phi) is 7.72. The third-order valence-electron chi connectivity index (χ3n) is 6.32. The van der Waals surface area contributed by atoms with Crippen LogP contribution in [0.2, 0.25) is 0 Å². The fourth-order valence-electron chi connectivity index (χ4n) is 4.39. The second-order valence-electron chi connectivity index (χ2n) is 8.57. The number of nitrogens with zero attached hydrogens (tertiary/aromatic N) is 5. The first-order valence-electron chi connectivity index (χ1n) is 11.4. The molecule has 0 aliphatic carbocycles. The quantitative estimate of drug-likeness (QED) is 0.628. The molecule has 0 amide bonds. The second kappa shape index (κ2) is 10.7. The van der Waals surface area contributed by atoms with Crippen LogP contribution in [0.4, 0.5) is 5.95 Å². The van der Waals surface area contributed by atoms with E-state index < -0.39 is 10.0 Å². The number of hydrogen-bond acceptors (Lipinski definition) is 7. The highest BCUT2D eigenvalue weighted by molar-refractivity contribution is 7.88. The standard InChI is InChI=1S/C23H33N5O3S/c1-26(32(29,30)19-20-6-3-2-4-7-20)22-8-5-12-27(13-10-22)18-21-9-11-24-23(25-21)28-14-16-31-17-15-28/h2-4,6-7,9,11,22H,5,8,10,12-19H2,1H3. The number of aromatic nitrogens is 2. The average Bonchev–Trinajstić information content (AvgIpc) is 3.05. The van der Waals surface area contributed by atoms with Crippen LogP contribution in [0, 0.1) is 0 Å². The maximum Gasteiger partial charge on any atom is 0.225 e. The van der Waals surface area contributed by atoms with Crippen molar-refractivity contribution in [2.24, 2.45) is 0 Å². The van der Waals surface area contributed by atoms with Crippen LogP contribution in [0.1, 0.15) is 30.5 Å². The van der Waals surface area contributed by atoms with Crippen LogP contribution < -0.4 is 4.90 Å². The number of rotatable bonds is 7. The maximum absolute atomic E-state index is 13.0. The molecular weight excluding hydrogens is 426 g/mol. The number of morpholine rings is 1. The molecule has 3 heterocycles. The van der Waals surface area contributed by atoms with Crippen LogP contribution in [0.5, 0.6) is 0 Å². The molecule has 1 aromatic carbocycles. The van der Waals surface area contributed by atoms with Crippen molar-refractivity contribution >= 4 is 16.0 Å². The molecule has 0 N–H and O–H groups in total. The minimum Gasteiger partial charge on any atom is -0.378 e. The summed E-state index contributed by atoms with van der Waals surface area (Å²) in [5.74, 6) is 0.820. The summed E-state index contributed by atoms with van der Waals surface area (Å²) in [4.78, 5) is 13.8. The van der Waals surface area contributed by atoms with E-state index in [1.165, 1.54) is 0 Å². The zero-order valence-electron chi connectivity index (χ0n) is 18.8. The monoisotopic (exact) mass is 459 g/mol. The Bertz CT molecular complexity index is 967. The molecule has 2 saturated heterocycles. The summed E-state index contributed by atoms with van der Waals surface area (Å²) >= 11 is 0. The van der Waals surface area contributed by atoms with Gasteiger partial charge in [0, 0.05) is 45.5 Å². The molecule has 2 fully saturated rings. The van der Waals surface area contributed by atoms with E-state index in [2.05, 4.69) is 14.8 Å². The zero-order valence-corrected chi connectivity index (χ0v) is 19.6. The lowest BCUT2D eigenvalue weighted by atomic mass is 10.1. The SMILES string of the molecule is CN(C1CCCN(Cc2ccnc(N3CCOCC3)n2)CC1)S(=O)(=O)Cc1ccccc1. The Morgan fingerprint density at radius 3 is 2.62 bits per heavy atom. The highest BCUT2D eigenvalue weighted by Gasteiger charge is 2.28. The number of sulfonamides is 1. The number of benzene rings is 1. The smallest absolute Gasteiger partial charge is 0.225 e. The van der Waals surface area contributed by atoms with E-state index in [0.29, 0.717) is 13.2 Å². The normalized spacial score (nSPS) is 20.9. The largest absolute Gasteiger partial charge is 0.378 e. The first kappa shape index (κ1) is 23.1. The molecule has 9 heteroatoms. The van der Waals surface area contributed by atoms with E-state index in [9.17, 15) is 8.42 Å². The van der Waals surface area contributed by atoms with Crippen molar-refractivity contribution in [2.75, 3.05) is 51.3 Å². The molecule has 0 radical (unpaired) electrons. The van der Waals surface area contributed by atoms with Gasteiger partial charge in [-0.15, -0.1) is 0 Å². The van der Waals surface area contributed by atoms with Crippen molar-refractivity contribution in [1.29, 1.82) is 0 Å². The molecule has 0 saturated carbocycles. The molecule has 4 rings (SSSR count). The molecule has 32 heavy (non-hydrogen) atoms. The average molecular weight is 460 g/mol. The Morgan fingerprint density at radius 1 is 1.06 bits per heavy atom. The van der Waals surface area contributed by atoms with Gasteiger partial charge in [-0.05, 0) is 37.4 Å². The van der Waals surface area contributed by atoms with Crippen molar-refractivity contribution < 1.29 is 13.2 Å². The Morgan fingerprint density at radius 2 is 1.84 bits per heavy atom. The third-order valence-corrected chi connectivity index (χ3v) is 8.19. The van der Waals surface area contributed by atoms with E-state index in [1.807, 2.05) is 42.6 Å². The predicted octanol–water partition coefficient (Wildman–Crippen LogP) is 2.13. The van der Waals surface area contributed by atoms with Gasteiger partial charge in [-0.25, -0.2) is 22.7 Å². The fourth-order valence-corrected chi connectivity index (χ4v) is 5.87. The summed E-state index contributed by atoms with van der Waals surface area (Å²) < 4.78 is 32.9. The van der Waals surface area contributed by atoms with Crippen LogP contribution in [-0.2, 0) is 27.1 Å². The van der Waals surface area contributed by atoms with Crippen LogP contribution >= 0.6 is 0 Å². The van der Waals surface area contributed by atoms with Crippen LogP contribution in [-0.4, -0.2) is 80.1 Å². The lowest BCUT2D eigenvalue weighted by molar-refractivity contribution is 0.122. The minimum atomic E-state index is -3.35. The molecule has 174 valence electrons. The van der Waals surface area contributed by atoms with Gasteiger partial charge in [-0.3, -0.25) is 4.90 Å². The molecule has 1 aromatic heterocycles. The van der Waals surface area contributed by atoms with Crippen LogP contribution in [0.15, 0.2) is 42.6 Å². The van der Waals surface area contributed by atoms with Crippen molar-refractivity contribution in [3.8, 4) is 0 Å². The van der Waals surface area contributed by atoms with Gasteiger partial charge in [0.15, 0.2) is 0 Å². The highest BCUT2D eigenvalue weighted by atomic mass is 32.2. The van der Waals surface area contributed by atoms with Crippen molar-refractivity contribution in [2.45, 2.75) is 37.6 Å². The Labute approximate surface area is 191 Å². The molecule has 2 aliphatic rings. The van der Waals surface area contributed by atoms with Crippen LogP contribution in [0.25, 0.3) is 0 Å². The number of likely N-dealkylation sites (tertiary alicyclic amines) is 1. The first-order valence-corrected chi connectivity index (χ1v) is 13.0. The molecule has 0 spiro atoms. The van der Waals surface area contributed by atoms with Crippen LogP contribution in [0.3, 0.4) is 0 Å². The molecule has 8 nitrogen and oxygen atoms in total. The second-order valence-corrected chi connectivity index (χ2v) is 10.6. The number of anilines is 1. The summed E-state index contributed by atoms with van der Waals surface area (Å²) in [5, 5.41) is 0. The number of hydrogen-bond donors (Lipinski definition) is 0. The van der Waals surface area contributed by atoms with Crippen molar-refractivity contribution in [1.82, 2.24) is 19.2 Å². The fraction of sp³-hybridized carbons (Fsp3) is 0.565. The predicted molar refractivity (Wildman–Crippen MR) is 125 cm³/mol. The van der Waals surface area contributed by atoms with Gasteiger partial charge >= 0.3 is 0 Å². The third kappa shape index (κ3) is 6.04. The van der Waals surface area contributed by atoms with E-state index in [1.54, 1.807) is 11.4 Å². The minimum absolute atomic E-state index is 0.0306. The van der Waals surface area contributed by atoms with Crippen molar-refractivity contribution in [3.63, 3.8) is 0 Å². The zero-order chi connectivity index (χ0) is 22.4. The lowest BCUT2D eigenvalue weighted by Gasteiger charge is -2.27. The van der Waals surface area contributed by atoms with Crippen molar-refractivity contribution in [3.05, 3.63) is 53.9 Å². The van der Waals surface area contributed by atoms with Gasteiger partial charge in [-0.1, -0.05) is 30.3 Å². The van der Waals surface area contributed by atoms with Gasteiger partial charge in [0.2, 0.25) is 16.0 Å². The molecule has 0 bridgehead atoms. The van der Waals surface area contributed by atoms with E-state index >= 15 is 0 Å². The van der Waals surface area contributed by atoms with E-state index in [-0.39, 0.29) is 11.8 Å². The number of ether oxygens (including phenoxy) is 1. The first-order chi connectivity index (χ1) is 15.5. The summed E-state index contributed by atoms with van der Waals surface area (Å²) in [7, 11) is -1.61.